The molecule has 102 valence electrons. The normalized spacial score (nSPS) is 21.2. The molecular formula is C13H13ClF2N2O. The first-order chi connectivity index (χ1) is 9.08. The summed E-state index contributed by atoms with van der Waals surface area (Å²) in [6, 6.07) is 2.37. The van der Waals surface area contributed by atoms with Gasteiger partial charge < -0.3 is 9.30 Å². The zero-order valence-corrected chi connectivity index (χ0v) is 11.1. The van der Waals surface area contributed by atoms with Crippen LogP contribution in [-0.4, -0.2) is 22.8 Å². The number of hydrogen-bond acceptors (Lipinski definition) is 2. The summed E-state index contributed by atoms with van der Waals surface area (Å²) in [6.45, 7) is 2.99. The molecule has 0 N–H and O–H groups in total. The summed E-state index contributed by atoms with van der Waals surface area (Å²) >= 11 is 6.13. The Kier molecular flexibility index (Phi) is 3.19. The van der Waals surface area contributed by atoms with Crippen molar-refractivity contribution in [3.05, 3.63) is 29.6 Å². The van der Waals surface area contributed by atoms with Crippen LogP contribution < -0.4 is 0 Å². The third-order valence-corrected chi connectivity index (χ3v) is 3.58. The summed E-state index contributed by atoms with van der Waals surface area (Å²) in [7, 11) is 0. The first-order valence-electron chi connectivity index (χ1n) is 6.16. The topological polar surface area (TPSA) is 27.1 Å². The van der Waals surface area contributed by atoms with E-state index in [1.807, 2.05) is 4.57 Å². The number of ether oxygens (including phenoxy) is 1. The summed E-state index contributed by atoms with van der Waals surface area (Å²) < 4.78 is 34.0. The lowest BCUT2D eigenvalue weighted by Gasteiger charge is -2.16. The molecule has 0 radical (unpaired) electrons. The van der Waals surface area contributed by atoms with E-state index in [9.17, 15) is 8.78 Å². The van der Waals surface area contributed by atoms with Crippen LogP contribution in [-0.2, 0) is 4.74 Å². The summed E-state index contributed by atoms with van der Waals surface area (Å²) in [5.74, 6) is -1.15. The van der Waals surface area contributed by atoms with Crippen LogP contribution in [0, 0.1) is 11.6 Å². The van der Waals surface area contributed by atoms with Gasteiger partial charge in [-0.2, -0.15) is 0 Å². The SMILES string of the molecule is CC(Cl)c1nc2cc(F)c(F)cc2n1C1CCOC1. The minimum Gasteiger partial charge on any atom is -0.379 e. The van der Waals surface area contributed by atoms with Gasteiger partial charge in [0.15, 0.2) is 11.6 Å². The van der Waals surface area contributed by atoms with Gasteiger partial charge in [0.1, 0.15) is 5.82 Å². The third kappa shape index (κ3) is 2.11. The highest BCUT2D eigenvalue weighted by molar-refractivity contribution is 6.20. The maximum atomic E-state index is 13.4. The van der Waals surface area contributed by atoms with Gasteiger partial charge in [0, 0.05) is 18.7 Å². The van der Waals surface area contributed by atoms with Gasteiger partial charge in [-0.05, 0) is 13.3 Å². The molecule has 0 saturated carbocycles. The Bertz CT molecular complexity index is 621. The fraction of sp³-hybridized carbons (Fsp3) is 0.462. The second-order valence-electron chi connectivity index (χ2n) is 4.73. The second-order valence-corrected chi connectivity index (χ2v) is 5.38. The number of nitrogens with zero attached hydrogens (tertiary/aromatic N) is 2. The predicted molar refractivity (Wildman–Crippen MR) is 68.4 cm³/mol. The molecule has 1 aliphatic heterocycles. The molecule has 0 aliphatic carbocycles. The molecule has 2 heterocycles. The Labute approximate surface area is 114 Å². The summed E-state index contributed by atoms with van der Waals surface area (Å²) in [6.07, 6.45) is 0.821. The highest BCUT2D eigenvalue weighted by Crippen LogP contribution is 2.32. The Morgan fingerprint density at radius 1 is 1.42 bits per heavy atom. The molecule has 2 unspecified atom stereocenters. The molecule has 1 aromatic carbocycles. The van der Waals surface area contributed by atoms with Gasteiger partial charge in [0.2, 0.25) is 0 Å². The van der Waals surface area contributed by atoms with Crippen LogP contribution in [0.2, 0.25) is 0 Å². The zero-order valence-electron chi connectivity index (χ0n) is 10.4. The number of aromatic nitrogens is 2. The minimum absolute atomic E-state index is 0.0751. The van der Waals surface area contributed by atoms with Gasteiger partial charge in [-0.15, -0.1) is 11.6 Å². The van der Waals surface area contributed by atoms with Crippen LogP contribution in [0.3, 0.4) is 0 Å². The van der Waals surface area contributed by atoms with Crippen LogP contribution in [0.5, 0.6) is 0 Å². The molecule has 3 rings (SSSR count). The molecule has 19 heavy (non-hydrogen) atoms. The van der Waals surface area contributed by atoms with Crippen molar-refractivity contribution in [3.63, 3.8) is 0 Å². The van der Waals surface area contributed by atoms with E-state index in [-0.39, 0.29) is 11.4 Å². The maximum Gasteiger partial charge on any atom is 0.161 e. The number of imidazole rings is 1. The van der Waals surface area contributed by atoms with E-state index in [4.69, 9.17) is 16.3 Å². The Balaban J connectivity index is 2.25. The van der Waals surface area contributed by atoms with Crippen molar-refractivity contribution in [2.45, 2.75) is 24.8 Å². The molecule has 6 heteroatoms. The maximum absolute atomic E-state index is 13.4. The van der Waals surface area contributed by atoms with Gasteiger partial charge in [0.25, 0.3) is 0 Å². The van der Waals surface area contributed by atoms with E-state index in [0.29, 0.717) is 30.1 Å². The Morgan fingerprint density at radius 3 is 2.79 bits per heavy atom. The number of rotatable bonds is 2. The molecular weight excluding hydrogens is 274 g/mol. The molecule has 1 aromatic heterocycles. The lowest BCUT2D eigenvalue weighted by atomic mass is 10.2. The van der Waals surface area contributed by atoms with Crippen molar-refractivity contribution in [2.75, 3.05) is 13.2 Å². The van der Waals surface area contributed by atoms with Gasteiger partial charge >= 0.3 is 0 Å². The molecule has 2 atom stereocenters. The lowest BCUT2D eigenvalue weighted by Crippen LogP contribution is -2.12. The van der Waals surface area contributed by atoms with Crippen LogP contribution in [0.4, 0.5) is 8.78 Å². The fourth-order valence-electron chi connectivity index (χ4n) is 2.50. The number of halogens is 3. The van der Waals surface area contributed by atoms with E-state index in [0.717, 1.165) is 12.5 Å². The van der Waals surface area contributed by atoms with E-state index in [1.165, 1.54) is 6.07 Å². The summed E-state index contributed by atoms with van der Waals surface area (Å²) in [5, 5.41) is -0.334. The summed E-state index contributed by atoms with van der Waals surface area (Å²) in [5.41, 5.74) is 0.991. The third-order valence-electron chi connectivity index (χ3n) is 3.39. The Morgan fingerprint density at radius 2 is 2.16 bits per heavy atom. The average Bonchev–Trinajstić information content (AvgIpc) is 2.96. The van der Waals surface area contributed by atoms with Crippen molar-refractivity contribution >= 4 is 22.6 Å². The second kappa shape index (κ2) is 4.72. The smallest absolute Gasteiger partial charge is 0.161 e. The van der Waals surface area contributed by atoms with Crippen molar-refractivity contribution in [3.8, 4) is 0 Å². The van der Waals surface area contributed by atoms with Gasteiger partial charge in [-0.3, -0.25) is 0 Å². The first kappa shape index (κ1) is 12.8. The monoisotopic (exact) mass is 286 g/mol. The molecule has 1 saturated heterocycles. The molecule has 3 nitrogen and oxygen atoms in total. The number of hydrogen-bond donors (Lipinski definition) is 0. The quantitative estimate of drug-likeness (QED) is 0.789. The lowest BCUT2D eigenvalue weighted by molar-refractivity contribution is 0.186. The van der Waals surface area contributed by atoms with E-state index in [1.54, 1.807) is 6.92 Å². The fourth-order valence-corrected chi connectivity index (χ4v) is 2.65. The van der Waals surface area contributed by atoms with Crippen LogP contribution in [0.15, 0.2) is 12.1 Å². The number of benzene rings is 1. The van der Waals surface area contributed by atoms with Crippen LogP contribution in [0.1, 0.15) is 30.6 Å². The molecule has 0 amide bonds. The summed E-state index contributed by atoms with van der Waals surface area (Å²) in [4.78, 5) is 4.33. The van der Waals surface area contributed by atoms with Crippen molar-refractivity contribution in [2.24, 2.45) is 0 Å². The standard InChI is InChI=1S/C13H13ClF2N2O/c1-7(14)13-17-11-4-9(15)10(16)5-12(11)18(13)8-2-3-19-6-8/h4-5,7-8H,2-3,6H2,1H3. The Hall–Kier alpha value is -1.20. The van der Waals surface area contributed by atoms with Crippen LogP contribution >= 0.6 is 11.6 Å². The van der Waals surface area contributed by atoms with Gasteiger partial charge in [-0.25, -0.2) is 13.8 Å². The average molecular weight is 287 g/mol. The van der Waals surface area contributed by atoms with Crippen molar-refractivity contribution in [1.82, 2.24) is 9.55 Å². The van der Waals surface area contributed by atoms with Gasteiger partial charge in [0.05, 0.1) is 29.1 Å². The minimum atomic E-state index is -0.895. The van der Waals surface area contributed by atoms with Crippen LogP contribution in [0.25, 0.3) is 11.0 Å². The molecule has 0 bridgehead atoms. The highest BCUT2D eigenvalue weighted by Gasteiger charge is 2.25. The van der Waals surface area contributed by atoms with E-state index < -0.39 is 11.6 Å². The first-order valence-corrected chi connectivity index (χ1v) is 6.60. The molecule has 1 aliphatic rings. The highest BCUT2D eigenvalue weighted by atomic mass is 35.5. The molecule has 0 spiro atoms. The number of fused-ring (bicyclic) bond motifs is 1. The molecule has 2 aromatic rings. The van der Waals surface area contributed by atoms with Crippen molar-refractivity contribution in [1.29, 1.82) is 0 Å². The molecule has 1 fully saturated rings. The predicted octanol–water partition coefficient (Wildman–Crippen LogP) is 3.58. The van der Waals surface area contributed by atoms with Crippen molar-refractivity contribution < 1.29 is 13.5 Å². The van der Waals surface area contributed by atoms with E-state index in [2.05, 4.69) is 4.98 Å². The largest absolute Gasteiger partial charge is 0.379 e. The van der Waals surface area contributed by atoms with E-state index >= 15 is 0 Å². The van der Waals surface area contributed by atoms with Gasteiger partial charge in [-0.1, -0.05) is 0 Å². The zero-order chi connectivity index (χ0) is 13.6. The number of alkyl halides is 1.